The highest BCUT2D eigenvalue weighted by Gasteiger charge is 2.10. The fourth-order valence-corrected chi connectivity index (χ4v) is 3.54. The van der Waals surface area contributed by atoms with Crippen molar-refractivity contribution in [2.45, 2.75) is 12.8 Å². The first-order chi connectivity index (χ1) is 19.4. The maximum atomic E-state index is 12.2. The number of nitrogens with one attached hydrogen (secondary N) is 3. The van der Waals surface area contributed by atoms with Crippen molar-refractivity contribution in [3.05, 3.63) is 77.9 Å². The van der Waals surface area contributed by atoms with Crippen molar-refractivity contribution >= 4 is 29.6 Å². The number of rotatable bonds is 14. The van der Waals surface area contributed by atoms with E-state index in [1.165, 1.54) is 13.3 Å². The molecule has 0 aromatic heterocycles. The Hall–Kier alpha value is -5.06. The Morgan fingerprint density at radius 3 is 2.25 bits per heavy atom. The fraction of sp³-hybridized carbons (Fsp3) is 0.241. The standard InChI is InChI=1S/C29H32N4O7/c1-37-24-7-5-4-6-23(24)32-29(36)19-40-22-11-8-21(9-12-22)18-31-33-28(35)17-27(34)30-15-14-20-10-13-25(38-2)26(16-20)39-3/h4-13,16,18H,14-15,17,19H2,1-3H3,(H,30,34)(H,32,36)(H,33,35)/b31-18+. The molecule has 0 saturated carbocycles. The molecule has 0 spiro atoms. The smallest absolute Gasteiger partial charge is 0.262 e. The van der Waals surface area contributed by atoms with Crippen LogP contribution in [-0.4, -0.2) is 58.4 Å². The summed E-state index contributed by atoms with van der Waals surface area (Å²) in [6.45, 7) is 0.180. The first-order valence-corrected chi connectivity index (χ1v) is 12.4. The summed E-state index contributed by atoms with van der Waals surface area (Å²) in [5.41, 5.74) is 4.53. The molecule has 40 heavy (non-hydrogen) atoms. The number of ether oxygens (including phenoxy) is 4. The second-order valence-electron chi connectivity index (χ2n) is 8.37. The molecule has 3 rings (SSSR count). The molecule has 0 atom stereocenters. The molecule has 0 aliphatic carbocycles. The number of hydrogen-bond donors (Lipinski definition) is 3. The van der Waals surface area contributed by atoms with Crippen LogP contribution in [0.3, 0.4) is 0 Å². The number of benzene rings is 3. The zero-order valence-corrected chi connectivity index (χ0v) is 22.6. The highest BCUT2D eigenvalue weighted by Crippen LogP contribution is 2.27. The Labute approximate surface area is 232 Å². The summed E-state index contributed by atoms with van der Waals surface area (Å²) >= 11 is 0. The lowest BCUT2D eigenvalue weighted by Gasteiger charge is -2.10. The summed E-state index contributed by atoms with van der Waals surface area (Å²) in [5.74, 6) is 0.993. The maximum Gasteiger partial charge on any atom is 0.262 e. The van der Waals surface area contributed by atoms with Crippen molar-refractivity contribution in [3.63, 3.8) is 0 Å². The van der Waals surface area contributed by atoms with Gasteiger partial charge in [0.05, 0.1) is 33.2 Å². The van der Waals surface area contributed by atoms with Gasteiger partial charge in [-0.25, -0.2) is 5.43 Å². The van der Waals surface area contributed by atoms with E-state index in [9.17, 15) is 14.4 Å². The van der Waals surface area contributed by atoms with Crippen LogP contribution >= 0.6 is 0 Å². The summed E-state index contributed by atoms with van der Waals surface area (Å²) in [5, 5.41) is 9.32. The number of amides is 3. The van der Waals surface area contributed by atoms with Crippen LogP contribution in [0.5, 0.6) is 23.0 Å². The van der Waals surface area contributed by atoms with Crippen molar-refractivity contribution < 1.29 is 33.3 Å². The molecule has 11 heteroatoms. The van der Waals surface area contributed by atoms with Gasteiger partial charge >= 0.3 is 0 Å². The van der Waals surface area contributed by atoms with Gasteiger partial charge in [0.25, 0.3) is 5.91 Å². The van der Waals surface area contributed by atoms with Crippen LogP contribution in [-0.2, 0) is 20.8 Å². The molecule has 0 radical (unpaired) electrons. The van der Waals surface area contributed by atoms with Gasteiger partial charge in [-0.2, -0.15) is 5.10 Å². The van der Waals surface area contributed by atoms with Gasteiger partial charge in [-0.05, 0) is 66.1 Å². The number of carbonyl (C=O) groups excluding carboxylic acids is 3. The zero-order valence-electron chi connectivity index (χ0n) is 22.6. The first kappa shape index (κ1) is 29.5. The van der Waals surface area contributed by atoms with Crippen LogP contribution in [0.1, 0.15) is 17.5 Å². The van der Waals surface area contributed by atoms with E-state index in [1.807, 2.05) is 18.2 Å². The Morgan fingerprint density at radius 2 is 1.52 bits per heavy atom. The maximum absolute atomic E-state index is 12.2. The predicted molar refractivity (Wildman–Crippen MR) is 150 cm³/mol. The topological polar surface area (TPSA) is 137 Å². The molecule has 3 amide bonds. The second-order valence-corrected chi connectivity index (χ2v) is 8.37. The van der Waals surface area contributed by atoms with Crippen molar-refractivity contribution in [1.82, 2.24) is 10.7 Å². The van der Waals surface area contributed by atoms with Gasteiger partial charge in [-0.3, -0.25) is 14.4 Å². The van der Waals surface area contributed by atoms with Crippen LogP contribution in [0.15, 0.2) is 71.8 Å². The van der Waals surface area contributed by atoms with Gasteiger partial charge in [0.15, 0.2) is 18.1 Å². The predicted octanol–water partition coefficient (Wildman–Crippen LogP) is 2.93. The van der Waals surface area contributed by atoms with E-state index in [2.05, 4.69) is 21.2 Å². The van der Waals surface area contributed by atoms with Crippen LogP contribution in [0.2, 0.25) is 0 Å². The summed E-state index contributed by atoms with van der Waals surface area (Å²) < 4.78 is 21.2. The van der Waals surface area contributed by atoms with E-state index in [-0.39, 0.29) is 18.9 Å². The Bertz CT molecular complexity index is 1330. The van der Waals surface area contributed by atoms with Crippen LogP contribution < -0.4 is 35.0 Å². The third-order valence-electron chi connectivity index (χ3n) is 5.54. The molecular weight excluding hydrogens is 516 g/mol. The Kier molecular flexibility index (Phi) is 11.3. The van der Waals surface area contributed by atoms with Crippen molar-refractivity contribution in [3.8, 4) is 23.0 Å². The minimum absolute atomic E-state index is 0.183. The van der Waals surface area contributed by atoms with Gasteiger partial charge < -0.3 is 29.6 Å². The average molecular weight is 549 g/mol. The number of para-hydroxylation sites is 2. The van der Waals surface area contributed by atoms with Crippen LogP contribution in [0, 0.1) is 0 Å². The highest BCUT2D eigenvalue weighted by molar-refractivity contribution is 5.97. The van der Waals surface area contributed by atoms with Gasteiger partial charge in [0.2, 0.25) is 11.8 Å². The summed E-state index contributed by atoms with van der Waals surface area (Å²) in [6, 6.07) is 19.4. The Balaban J connectivity index is 1.35. The number of methoxy groups -OCH3 is 3. The van der Waals surface area contributed by atoms with Crippen LogP contribution in [0.4, 0.5) is 5.69 Å². The van der Waals surface area contributed by atoms with Crippen molar-refractivity contribution in [1.29, 1.82) is 0 Å². The Morgan fingerprint density at radius 1 is 0.800 bits per heavy atom. The van der Waals surface area contributed by atoms with Gasteiger partial charge in [0, 0.05) is 6.54 Å². The molecule has 0 saturated heterocycles. The first-order valence-electron chi connectivity index (χ1n) is 12.4. The average Bonchev–Trinajstić information content (AvgIpc) is 2.96. The molecule has 3 N–H and O–H groups in total. The number of nitrogens with zero attached hydrogens (tertiary/aromatic N) is 1. The minimum Gasteiger partial charge on any atom is -0.495 e. The van der Waals surface area contributed by atoms with Gasteiger partial charge in [0.1, 0.15) is 17.9 Å². The molecule has 210 valence electrons. The quantitative estimate of drug-likeness (QED) is 0.160. The summed E-state index contributed by atoms with van der Waals surface area (Å²) in [4.78, 5) is 36.3. The lowest BCUT2D eigenvalue weighted by Crippen LogP contribution is -2.31. The molecule has 0 heterocycles. The molecule has 0 aliphatic rings. The molecule has 0 bridgehead atoms. The summed E-state index contributed by atoms with van der Waals surface area (Å²) in [6.07, 6.45) is 1.65. The number of hydrogen-bond acceptors (Lipinski definition) is 8. The molecule has 0 fully saturated rings. The normalized spacial score (nSPS) is 10.5. The molecule has 3 aromatic rings. The van der Waals surface area contributed by atoms with E-state index in [1.54, 1.807) is 62.8 Å². The van der Waals surface area contributed by atoms with Gasteiger partial charge in [-0.1, -0.05) is 18.2 Å². The minimum atomic E-state index is -0.541. The van der Waals surface area contributed by atoms with Crippen LogP contribution in [0.25, 0.3) is 0 Å². The third kappa shape index (κ3) is 9.35. The monoisotopic (exact) mass is 548 g/mol. The largest absolute Gasteiger partial charge is 0.495 e. The molecule has 11 nitrogen and oxygen atoms in total. The van der Waals surface area contributed by atoms with E-state index in [0.29, 0.717) is 47.2 Å². The van der Waals surface area contributed by atoms with Crippen molar-refractivity contribution in [2.75, 3.05) is 39.8 Å². The van der Waals surface area contributed by atoms with Gasteiger partial charge in [-0.15, -0.1) is 0 Å². The second kappa shape index (κ2) is 15.4. The van der Waals surface area contributed by atoms with E-state index in [0.717, 1.165) is 5.56 Å². The van der Waals surface area contributed by atoms with E-state index >= 15 is 0 Å². The summed E-state index contributed by atoms with van der Waals surface area (Å²) in [7, 11) is 4.65. The lowest BCUT2D eigenvalue weighted by molar-refractivity contribution is -0.129. The molecule has 0 aliphatic heterocycles. The molecular formula is C29H32N4O7. The van der Waals surface area contributed by atoms with E-state index < -0.39 is 11.8 Å². The van der Waals surface area contributed by atoms with Crippen molar-refractivity contribution in [2.24, 2.45) is 5.10 Å². The fourth-order valence-electron chi connectivity index (χ4n) is 3.54. The third-order valence-corrected chi connectivity index (χ3v) is 5.54. The lowest BCUT2D eigenvalue weighted by atomic mass is 10.1. The number of anilines is 1. The number of hydrazone groups is 1. The molecule has 3 aromatic carbocycles. The molecule has 0 unspecified atom stereocenters. The van der Waals surface area contributed by atoms with E-state index in [4.69, 9.17) is 18.9 Å². The SMILES string of the molecule is COc1ccccc1NC(=O)COc1ccc(/C=N/NC(=O)CC(=O)NCCc2ccc(OC)c(OC)c2)cc1. The number of carbonyl (C=O) groups is 3. The highest BCUT2D eigenvalue weighted by atomic mass is 16.5. The zero-order chi connectivity index (χ0) is 28.7.